The molecule has 1 N–H and O–H groups in total. The number of carboxylic acids is 1. The summed E-state index contributed by atoms with van der Waals surface area (Å²) in [6.45, 7) is 0. The minimum absolute atomic E-state index is 0.201. The number of rotatable bonds is 1. The van der Waals surface area contributed by atoms with E-state index in [1.807, 2.05) is 0 Å². The minimum atomic E-state index is -4.60. The quantitative estimate of drug-likeness (QED) is 0.835. The van der Waals surface area contributed by atoms with Gasteiger partial charge < -0.3 is 5.11 Å². The number of fused-ring (bicyclic) bond motifs is 1. The highest BCUT2D eigenvalue weighted by Gasteiger charge is 2.34. The van der Waals surface area contributed by atoms with Crippen molar-refractivity contribution in [3.8, 4) is 0 Å². The van der Waals surface area contributed by atoms with Crippen molar-refractivity contribution < 1.29 is 23.1 Å². The fourth-order valence-electron chi connectivity index (χ4n) is 1.63. The molecule has 0 bridgehead atoms. The number of benzene rings is 1. The smallest absolute Gasteiger partial charge is 0.417 e. The lowest BCUT2D eigenvalue weighted by molar-refractivity contribution is -0.136. The predicted molar refractivity (Wildman–Crippen MR) is 53.7 cm³/mol. The number of aromatic carboxylic acids is 1. The molecule has 0 saturated heterocycles. The largest absolute Gasteiger partial charge is 0.476 e. The molecular formula is C11H6F3NO2. The number of nitrogens with zero attached hydrogens (tertiary/aromatic N) is 1. The molecule has 0 aliphatic heterocycles. The van der Waals surface area contributed by atoms with Crippen molar-refractivity contribution >= 4 is 16.7 Å². The number of pyridine rings is 1. The molecule has 0 saturated carbocycles. The van der Waals surface area contributed by atoms with Crippen LogP contribution in [0.5, 0.6) is 0 Å². The van der Waals surface area contributed by atoms with Crippen LogP contribution in [0.25, 0.3) is 10.8 Å². The normalized spacial score (nSPS) is 11.7. The molecule has 1 aromatic heterocycles. The fourth-order valence-corrected chi connectivity index (χ4v) is 1.63. The molecule has 2 aromatic rings. The van der Waals surface area contributed by atoms with Crippen LogP contribution in [0.15, 0.2) is 30.5 Å². The van der Waals surface area contributed by atoms with E-state index in [9.17, 15) is 18.0 Å². The molecule has 2 rings (SSSR count). The molecule has 0 aliphatic carbocycles. The molecule has 0 amide bonds. The zero-order chi connectivity index (χ0) is 12.6. The third-order valence-corrected chi connectivity index (χ3v) is 2.30. The first-order chi connectivity index (χ1) is 7.91. The first kappa shape index (κ1) is 11.4. The Bertz CT molecular complexity index is 588. The highest BCUT2D eigenvalue weighted by molar-refractivity contribution is 6.03. The number of carbonyl (C=O) groups is 1. The van der Waals surface area contributed by atoms with Gasteiger partial charge in [-0.05, 0) is 17.5 Å². The zero-order valence-electron chi connectivity index (χ0n) is 8.32. The minimum Gasteiger partial charge on any atom is -0.476 e. The maximum absolute atomic E-state index is 12.7. The van der Waals surface area contributed by atoms with E-state index >= 15 is 0 Å². The van der Waals surface area contributed by atoms with Gasteiger partial charge in [0.05, 0.1) is 5.56 Å². The number of halogens is 3. The van der Waals surface area contributed by atoms with Crippen LogP contribution < -0.4 is 0 Å². The third-order valence-electron chi connectivity index (χ3n) is 2.30. The Morgan fingerprint density at radius 3 is 2.53 bits per heavy atom. The Morgan fingerprint density at radius 1 is 1.24 bits per heavy atom. The Kier molecular flexibility index (Phi) is 2.49. The summed E-state index contributed by atoms with van der Waals surface area (Å²) >= 11 is 0. The number of alkyl halides is 3. The molecular weight excluding hydrogens is 235 g/mol. The summed E-state index contributed by atoms with van der Waals surface area (Å²) in [5, 5.41) is 8.66. The van der Waals surface area contributed by atoms with Crippen molar-refractivity contribution in [1.29, 1.82) is 0 Å². The van der Waals surface area contributed by atoms with E-state index in [-0.39, 0.29) is 10.8 Å². The molecule has 0 spiro atoms. The van der Waals surface area contributed by atoms with E-state index in [1.54, 1.807) is 0 Å². The maximum atomic E-state index is 12.7. The predicted octanol–water partition coefficient (Wildman–Crippen LogP) is 2.95. The number of hydrogen-bond acceptors (Lipinski definition) is 2. The van der Waals surface area contributed by atoms with Crippen LogP contribution in [0.1, 0.15) is 16.1 Å². The molecule has 0 aliphatic rings. The molecule has 1 aromatic carbocycles. The van der Waals surface area contributed by atoms with Crippen LogP contribution >= 0.6 is 0 Å². The molecule has 88 valence electrons. The monoisotopic (exact) mass is 241 g/mol. The maximum Gasteiger partial charge on any atom is 0.417 e. The summed E-state index contributed by atoms with van der Waals surface area (Å²) in [5.41, 5.74) is -1.57. The van der Waals surface area contributed by atoms with Crippen molar-refractivity contribution in [3.05, 3.63) is 41.7 Å². The van der Waals surface area contributed by atoms with Crippen molar-refractivity contribution in [2.75, 3.05) is 0 Å². The van der Waals surface area contributed by atoms with Gasteiger partial charge in [-0.3, -0.25) is 0 Å². The molecule has 0 fully saturated rings. The number of carboxylic acid groups (broad SMARTS) is 1. The van der Waals surface area contributed by atoms with Crippen molar-refractivity contribution in [2.24, 2.45) is 0 Å². The standard InChI is InChI=1S/C11H6F3NO2/c12-11(13,14)7-3-1-2-6-4-5-15-9(8(6)7)10(16)17/h1-5H,(H,16,17). The van der Waals surface area contributed by atoms with Gasteiger partial charge in [-0.2, -0.15) is 13.2 Å². The van der Waals surface area contributed by atoms with Crippen LogP contribution in [-0.4, -0.2) is 16.1 Å². The lowest BCUT2D eigenvalue weighted by atomic mass is 10.0. The molecule has 17 heavy (non-hydrogen) atoms. The van der Waals surface area contributed by atoms with Gasteiger partial charge in [-0.1, -0.05) is 12.1 Å². The van der Waals surface area contributed by atoms with Gasteiger partial charge in [0.25, 0.3) is 0 Å². The molecule has 0 unspecified atom stereocenters. The molecule has 1 heterocycles. The first-order valence-electron chi connectivity index (χ1n) is 4.59. The van der Waals surface area contributed by atoms with E-state index in [0.29, 0.717) is 0 Å². The summed E-state index contributed by atoms with van der Waals surface area (Å²) in [4.78, 5) is 14.3. The first-order valence-corrected chi connectivity index (χ1v) is 4.59. The van der Waals surface area contributed by atoms with Gasteiger partial charge in [0, 0.05) is 11.6 Å². The Balaban J connectivity index is 2.90. The van der Waals surface area contributed by atoms with Crippen molar-refractivity contribution in [3.63, 3.8) is 0 Å². The van der Waals surface area contributed by atoms with Crippen LogP contribution in [0.3, 0.4) is 0 Å². The lowest BCUT2D eigenvalue weighted by Crippen LogP contribution is -2.10. The average molecular weight is 241 g/mol. The summed E-state index contributed by atoms with van der Waals surface area (Å²) in [6, 6.07) is 4.84. The summed E-state index contributed by atoms with van der Waals surface area (Å²) in [7, 11) is 0. The van der Waals surface area contributed by atoms with E-state index in [2.05, 4.69) is 4.98 Å². The third kappa shape index (κ3) is 1.93. The van der Waals surface area contributed by atoms with E-state index in [4.69, 9.17) is 5.11 Å². The van der Waals surface area contributed by atoms with Gasteiger partial charge >= 0.3 is 12.1 Å². The van der Waals surface area contributed by atoms with Crippen molar-refractivity contribution in [2.45, 2.75) is 6.18 Å². The molecule has 3 nitrogen and oxygen atoms in total. The lowest BCUT2D eigenvalue weighted by Gasteiger charge is -2.11. The van der Waals surface area contributed by atoms with Crippen molar-refractivity contribution in [1.82, 2.24) is 4.98 Å². The molecule has 0 radical (unpaired) electrons. The average Bonchev–Trinajstić information content (AvgIpc) is 2.26. The molecule has 0 atom stereocenters. The van der Waals surface area contributed by atoms with Gasteiger partial charge in [-0.15, -0.1) is 0 Å². The van der Waals surface area contributed by atoms with Gasteiger partial charge in [0.15, 0.2) is 5.69 Å². The zero-order valence-corrected chi connectivity index (χ0v) is 8.32. The van der Waals surface area contributed by atoms with Crippen LogP contribution in [0.4, 0.5) is 13.2 Å². The summed E-state index contributed by atoms with van der Waals surface area (Å²) in [5.74, 6) is -1.48. The SMILES string of the molecule is O=C(O)c1nccc2cccc(C(F)(F)F)c12. The number of aromatic nitrogens is 1. The van der Waals surface area contributed by atoms with E-state index in [1.165, 1.54) is 24.4 Å². The summed E-state index contributed by atoms with van der Waals surface area (Å²) in [6.07, 6.45) is -3.43. The second-order valence-corrected chi connectivity index (χ2v) is 3.37. The second kappa shape index (κ2) is 3.73. The van der Waals surface area contributed by atoms with Crippen LogP contribution in [-0.2, 0) is 6.18 Å². The van der Waals surface area contributed by atoms with Crippen LogP contribution in [0.2, 0.25) is 0 Å². The molecule has 6 heteroatoms. The Labute approximate surface area is 93.5 Å². The highest BCUT2D eigenvalue weighted by Crippen LogP contribution is 2.35. The second-order valence-electron chi connectivity index (χ2n) is 3.37. The Hall–Kier alpha value is -2.11. The number of hydrogen-bond donors (Lipinski definition) is 1. The highest BCUT2D eigenvalue weighted by atomic mass is 19.4. The van der Waals surface area contributed by atoms with E-state index < -0.39 is 23.4 Å². The van der Waals surface area contributed by atoms with E-state index in [0.717, 1.165) is 6.07 Å². The Morgan fingerprint density at radius 2 is 1.94 bits per heavy atom. The van der Waals surface area contributed by atoms with Gasteiger partial charge in [0.1, 0.15) is 0 Å². The van der Waals surface area contributed by atoms with Gasteiger partial charge in [0.2, 0.25) is 0 Å². The van der Waals surface area contributed by atoms with Gasteiger partial charge in [-0.25, -0.2) is 9.78 Å². The fraction of sp³-hybridized carbons (Fsp3) is 0.0909. The van der Waals surface area contributed by atoms with Crippen LogP contribution in [0, 0.1) is 0 Å². The topological polar surface area (TPSA) is 50.2 Å². The summed E-state index contributed by atoms with van der Waals surface area (Å²) < 4.78 is 38.2.